The first-order valence-electron chi connectivity index (χ1n) is 7.62. The van der Waals surface area contributed by atoms with Crippen molar-refractivity contribution in [3.63, 3.8) is 0 Å². The van der Waals surface area contributed by atoms with Crippen molar-refractivity contribution in [2.75, 3.05) is 0 Å². The number of carbonyl (C=O) groups is 2. The first kappa shape index (κ1) is 21.9. The Balaban J connectivity index is 3.02. The fourth-order valence-electron chi connectivity index (χ4n) is 1.83. The van der Waals surface area contributed by atoms with Crippen molar-refractivity contribution in [2.24, 2.45) is 15.4 Å². The van der Waals surface area contributed by atoms with Crippen molar-refractivity contribution in [1.29, 1.82) is 0 Å². The molecule has 2 atom stereocenters. The zero-order valence-corrected chi connectivity index (χ0v) is 17.3. The Morgan fingerprint density at radius 1 is 1.44 bits per heavy atom. The zero-order chi connectivity index (χ0) is 19.4. The van der Waals surface area contributed by atoms with Crippen LogP contribution in [0.1, 0.15) is 41.0 Å². The molecule has 1 heterocycles. The maximum absolute atomic E-state index is 12.5. The lowest BCUT2D eigenvalue weighted by Crippen LogP contribution is -2.44. The van der Waals surface area contributed by atoms with Crippen LogP contribution in [0.4, 0.5) is 4.79 Å². The molecule has 2 amide bonds. The molecule has 0 spiro atoms. The summed E-state index contributed by atoms with van der Waals surface area (Å²) in [4.78, 5) is 24.4. The molecule has 1 unspecified atom stereocenters. The Hall–Kier alpha value is -1.16. The summed E-state index contributed by atoms with van der Waals surface area (Å²) in [7, 11) is -3.42. The van der Waals surface area contributed by atoms with Crippen LogP contribution >= 0.6 is 22.9 Å². The third kappa shape index (κ3) is 7.72. The average Bonchev–Trinajstić information content (AvgIpc) is 2.82. The van der Waals surface area contributed by atoms with E-state index in [9.17, 15) is 13.8 Å². The highest BCUT2D eigenvalue weighted by Crippen LogP contribution is 2.24. The van der Waals surface area contributed by atoms with Gasteiger partial charge in [-0.2, -0.15) is 0 Å². The van der Waals surface area contributed by atoms with E-state index in [1.807, 2.05) is 13.8 Å². The molecule has 0 aliphatic carbocycles. The Morgan fingerprint density at radius 3 is 2.48 bits per heavy atom. The smallest absolute Gasteiger partial charge is 0.408 e. The van der Waals surface area contributed by atoms with Gasteiger partial charge in [-0.1, -0.05) is 25.4 Å². The molecule has 1 rings (SSSR count). The molecule has 0 radical (unpaired) electrons. The predicted molar refractivity (Wildman–Crippen MR) is 100.0 cm³/mol. The van der Waals surface area contributed by atoms with Gasteiger partial charge in [0.25, 0.3) is 5.91 Å². The molecular formula is C15H24ClN3O4S2. The van der Waals surface area contributed by atoms with Crippen LogP contribution in [-0.2, 0) is 19.4 Å². The number of ether oxygens (including phenoxy) is 1. The van der Waals surface area contributed by atoms with Gasteiger partial charge in [0, 0.05) is 5.38 Å². The fourth-order valence-corrected chi connectivity index (χ4v) is 4.29. The van der Waals surface area contributed by atoms with Crippen molar-refractivity contribution >= 4 is 44.9 Å². The van der Waals surface area contributed by atoms with E-state index >= 15 is 0 Å². The van der Waals surface area contributed by atoms with Crippen LogP contribution in [0.3, 0.4) is 0 Å². The Kier molecular flexibility index (Phi) is 7.42. The van der Waals surface area contributed by atoms with E-state index in [0.29, 0.717) is 11.4 Å². The molecule has 1 aromatic heterocycles. The van der Waals surface area contributed by atoms with E-state index in [1.165, 1.54) is 6.07 Å². The fraction of sp³-hybridized carbons (Fsp3) is 0.600. The number of hydrogen-bond donors (Lipinski definition) is 2. The van der Waals surface area contributed by atoms with E-state index in [4.69, 9.17) is 21.5 Å². The number of rotatable bonds is 5. The first-order valence-corrected chi connectivity index (χ1v) is 10.5. The van der Waals surface area contributed by atoms with E-state index in [2.05, 4.69) is 9.68 Å². The van der Waals surface area contributed by atoms with Crippen LogP contribution in [0.25, 0.3) is 0 Å². The average molecular weight is 410 g/mol. The Morgan fingerprint density at radius 2 is 2.04 bits per heavy atom. The second-order valence-electron chi connectivity index (χ2n) is 6.91. The number of hydrogen-bond acceptors (Lipinski definition) is 5. The van der Waals surface area contributed by atoms with Crippen molar-refractivity contribution in [3.8, 4) is 0 Å². The zero-order valence-electron chi connectivity index (χ0n) is 14.9. The van der Waals surface area contributed by atoms with Gasteiger partial charge in [-0.3, -0.25) is 4.79 Å². The van der Waals surface area contributed by atoms with E-state index in [0.717, 1.165) is 11.3 Å². The van der Waals surface area contributed by atoms with Crippen LogP contribution in [0, 0.1) is 5.92 Å². The van der Waals surface area contributed by atoms with Crippen LogP contribution in [0.2, 0.25) is 5.02 Å². The number of halogens is 1. The molecule has 0 saturated carbocycles. The van der Waals surface area contributed by atoms with Crippen LogP contribution in [0.5, 0.6) is 0 Å². The van der Waals surface area contributed by atoms with Gasteiger partial charge in [0.2, 0.25) is 0 Å². The number of carbonyl (C=O) groups excluding carboxylic acids is 2. The lowest BCUT2D eigenvalue weighted by atomic mass is 10.0. The maximum Gasteiger partial charge on any atom is 0.408 e. The highest BCUT2D eigenvalue weighted by molar-refractivity contribution is 7.93. The summed E-state index contributed by atoms with van der Waals surface area (Å²) in [5, 5.41) is 10.1. The van der Waals surface area contributed by atoms with Gasteiger partial charge in [-0.15, -0.1) is 15.7 Å². The van der Waals surface area contributed by atoms with Crippen molar-refractivity contribution in [1.82, 2.24) is 5.32 Å². The van der Waals surface area contributed by atoms with E-state index in [-0.39, 0.29) is 10.1 Å². The summed E-state index contributed by atoms with van der Waals surface area (Å²) in [5.41, 5.74) is -0.707. The van der Waals surface area contributed by atoms with Crippen LogP contribution in [0.15, 0.2) is 20.0 Å². The van der Waals surface area contributed by atoms with Crippen molar-refractivity contribution in [2.45, 2.75) is 56.9 Å². The quantitative estimate of drug-likeness (QED) is 0.774. The van der Waals surface area contributed by atoms with Crippen LogP contribution < -0.4 is 10.5 Å². The van der Waals surface area contributed by atoms with Gasteiger partial charge in [0.05, 0.1) is 5.02 Å². The molecule has 0 bridgehead atoms. The van der Waals surface area contributed by atoms with Gasteiger partial charge in [0.15, 0.2) is 9.92 Å². The van der Waals surface area contributed by atoms with Gasteiger partial charge < -0.3 is 10.1 Å². The van der Waals surface area contributed by atoms with Gasteiger partial charge >= 0.3 is 6.09 Å². The molecule has 0 aromatic carbocycles. The van der Waals surface area contributed by atoms with Crippen LogP contribution in [-0.4, -0.2) is 27.9 Å². The summed E-state index contributed by atoms with van der Waals surface area (Å²) in [5.74, 6) is -0.680. The Labute approximate surface area is 157 Å². The second-order valence-corrected chi connectivity index (χ2v) is 10.3. The third-order valence-corrected chi connectivity index (χ3v) is 5.97. The minimum absolute atomic E-state index is 0.0871. The number of nitrogens with zero attached hydrogens (tertiary/aromatic N) is 1. The maximum atomic E-state index is 12.5. The van der Waals surface area contributed by atoms with Crippen molar-refractivity contribution in [3.05, 3.63) is 16.5 Å². The lowest BCUT2D eigenvalue weighted by molar-refractivity contribution is -0.120. The molecule has 0 aliphatic rings. The second kappa shape index (κ2) is 8.48. The highest BCUT2D eigenvalue weighted by atomic mass is 35.5. The number of thiophene rings is 1. The molecule has 3 N–H and O–H groups in total. The topological polar surface area (TPSA) is 111 Å². The highest BCUT2D eigenvalue weighted by Gasteiger charge is 2.26. The Bertz CT molecular complexity index is 746. The van der Waals surface area contributed by atoms with Gasteiger partial charge in [-0.05, 0) is 39.2 Å². The molecule has 1 aromatic rings. The summed E-state index contributed by atoms with van der Waals surface area (Å²) in [6.45, 7) is 8.90. The minimum Gasteiger partial charge on any atom is -0.444 e. The monoisotopic (exact) mass is 409 g/mol. The molecule has 7 nitrogen and oxygen atoms in total. The summed E-state index contributed by atoms with van der Waals surface area (Å²) in [6.07, 6.45) is -0.438. The number of nitrogens with two attached hydrogens (primary N) is 1. The number of amides is 2. The van der Waals surface area contributed by atoms with E-state index in [1.54, 1.807) is 26.2 Å². The molecule has 0 fully saturated rings. The lowest BCUT2D eigenvalue weighted by Gasteiger charge is -2.23. The first-order chi connectivity index (χ1) is 11.3. The molecule has 142 valence electrons. The molecule has 10 heteroatoms. The normalized spacial score (nSPS) is 15.4. The van der Waals surface area contributed by atoms with E-state index < -0.39 is 33.6 Å². The molecule has 0 saturated heterocycles. The molecule has 25 heavy (non-hydrogen) atoms. The van der Waals surface area contributed by atoms with Gasteiger partial charge in [-0.25, -0.2) is 14.1 Å². The number of nitrogens with one attached hydrogen (secondary N) is 1. The predicted octanol–water partition coefficient (Wildman–Crippen LogP) is 3.57. The summed E-state index contributed by atoms with van der Waals surface area (Å²) >= 11 is 6.85. The third-order valence-electron chi connectivity index (χ3n) is 2.75. The number of alkyl carbamates (subject to hydrolysis) is 1. The molecular weight excluding hydrogens is 386 g/mol. The summed E-state index contributed by atoms with van der Waals surface area (Å²) in [6, 6.07) is 0.430. The minimum atomic E-state index is -3.42. The standard InChI is InChI=1S/C15H24ClN3O4S2/c1-9(2)6-11(18-14(21)23-15(3,4)5)13(20)19-25(17,22)12-7-10(16)8-24-12/h7-9,11H,6H2,1-5H3,(H,18,21)(H2,17,19,20,22)/t11-,25?/m0/s1. The van der Waals surface area contributed by atoms with Gasteiger partial charge in [0.1, 0.15) is 15.9 Å². The molecule has 0 aliphatic heterocycles. The largest absolute Gasteiger partial charge is 0.444 e. The SMILES string of the molecule is CC(C)C[C@H](NC(=O)OC(C)(C)C)C(=O)N=S(N)(=O)c1cc(Cl)cs1. The summed E-state index contributed by atoms with van der Waals surface area (Å²) < 4.78 is 21.5. The van der Waals surface area contributed by atoms with Crippen molar-refractivity contribution < 1.29 is 18.5 Å².